The zero-order valence-electron chi connectivity index (χ0n) is 10.5. The summed E-state index contributed by atoms with van der Waals surface area (Å²) >= 11 is 1.86. The van der Waals surface area contributed by atoms with E-state index in [1.807, 2.05) is 36.5 Å². The number of nitrogens with zero attached hydrogens (tertiary/aromatic N) is 1. The van der Waals surface area contributed by atoms with Crippen LogP contribution >= 0.6 is 11.3 Å². The Hall–Kier alpha value is -1.32. The molecule has 0 aliphatic carbocycles. The van der Waals surface area contributed by atoms with Crippen LogP contribution in [0.3, 0.4) is 0 Å². The molecule has 0 saturated carbocycles. The SMILES string of the molecule is C[C@H](O)c1ccccc1N1CCc2sccc2C1. The highest BCUT2D eigenvalue weighted by Crippen LogP contribution is 2.32. The van der Waals surface area contributed by atoms with Crippen LogP contribution in [0.4, 0.5) is 5.69 Å². The van der Waals surface area contributed by atoms with Gasteiger partial charge < -0.3 is 10.0 Å². The second-order valence-electron chi connectivity index (χ2n) is 4.78. The lowest BCUT2D eigenvalue weighted by Gasteiger charge is -2.31. The molecular weight excluding hydrogens is 242 g/mol. The van der Waals surface area contributed by atoms with E-state index in [1.54, 1.807) is 0 Å². The molecule has 0 fully saturated rings. The lowest BCUT2D eigenvalue weighted by molar-refractivity contribution is 0.199. The predicted octanol–water partition coefficient (Wildman–Crippen LogP) is 3.36. The van der Waals surface area contributed by atoms with Crippen molar-refractivity contribution in [2.45, 2.75) is 26.0 Å². The fourth-order valence-corrected chi connectivity index (χ4v) is 3.47. The van der Waals surface area contributed by atoms with E-state index in [0.717, 1.165) is 25.1 Å². The van der Waals surface area contributed by atoms with Crippen molar-refractivity contribution >= 4 is 17.0 Å². The van der Waals surface area contributed by atoms with Gasteiger partial charge >= 0.3 is 0 Å². The number of hydrogen-bond acceptors (Lipinski definition) is 3. The third-order valence-corrected chi connectivity index (χ3v) is 4.56. The van der Waals surface area contributed by atoms with Gasteiger partial charge in [0.2, 0.25) is 0 Å². The lowest BCUT2D eigenvalue weighted by Crippen LogP contribution is -2.30. The second-order valence-corrected chi connectivity index (χ2v) is 5.78. The molecule has 0 unspecified atom stereocenters. The zero-order valence-corrected chi connectivity index (χ0v) is 11.3. The van der Waals surface area contributed by atoms with Gasteiger partial charge in [-0.1, -0.05) is 18.2 Å². The van der Waals surface area contributed by atoms with E-state index < -0.39 is 6.10 Å². The summed E-state index contributed by atoms with van der Waals surface area (Å²) in [6, 6.07) is 10.4. The van der Waals surface area contributed by atoms with Crippen LogP contribution in [0.25, 0.3) is 0 Å². The normalized spacial score (nSPS) is 16.4. The molecule has 1 N–H and O–H groups in total. The lowest BCUT2D eigenvalue weighted by atomic mass is 10.0. The van der Waals surface area contributed by atoms with Crippen molar-refractivity contribution in [2.24, 2.45) is 0 Å². The maximum atomic E-state index is 9.87. The number of rotatable bonds is 2. The Bertz CT molecular complexity index is 547. The van der Waals surface area contributed by atoms with Crippen molar-refractivity contribution < 1.29 is 5.11 Å². The van der Waals surface area contributed by atoms with Gasteiger partial charge in [0.1, 0.15) is 0 Å². The molecule has 3 heteroatoms. The number of aliphatic hydroxyl groups excluding tert-OH is 1. The highest BCUT2D eigenvalue weighted by molar-refractivity contribution is 7.10. The number of hydrogen-bond donors (Lipinski definition) is 1. The average molecular weight is 259 g/mol. The molecule has 0 spiro atoms. The van der Waals surface area contributed by atoms with E-state index in [2.05, 4.69) is 22.4 Å². The highest BCUT2D eigenvalue weighted by atomic mass is 32.1. The minimum absolute atomic E-state index is 0.412. The molecule has 94 valence electrons. The average Bonchev–Trinajstić information content (AvgIpc) is 2.85. The van der Waals surface area contributed by atoms with Crippen molar-refractivity contribution in [3.8, 4) is 0 Å². The third kappa shape index (κ3) is 2.04. The Balaban J connectivity index is 1.93. The van der Waals surface area contributed by atoms with Crippen LogP contribution in [-0.2, 0) is 13.0 Å². The fourth-order valence-electron chi connectivity index (χ4n) is 2.58. The number of benzene rings is 1. The summed E-state index contributed by atoms with van der Waals surface area (Å²) in [5.74, 6) is 0. The first-order valence-electron chi connectivity index (χ1n) is 6.33. The van der Waals surface area contributed by atoms with Crippen LogP contribution in [0.1, 0.15) is 29.0 Å². The molecule has 2 nitrogen and oxygen atoms in total. The summed E-state index contributed by atoms with van der Waals surface area (Å²) in [6.07, 6.45) is 0.700. The molecular formula is C15H17NOS. The Morgan fingerprint density at radius 1 is 1.28 bits per heavy atom. The summed E-state index contributed by atoms with van der Waals surface area (Å²) in [4.78, 5) is 3.89. The van der Waals surface area contributed by atoms with Crippen molar-refractivity contribution in [3.63, 3.8) is 0 Å². The summed E-state index contributed by atoms with van der Waals surface area (Å²) < 4.78 is 0. The zero-order chi connectivity index (χ0) is 12.5. The van der Waals surface area contributed by atoms with Gasteiger partial charge in [0.15, 0.2) is 0 Å². The monoisotopic (exact) mass is 259 g/mol. The number of para-hydroxylation sites is 1. The van der Waals surface area contributed by atoms with Gasteiger partial charge in [-0.25, -0.2) is 0 Å². The number of anilines is 1. The van der Waals surface area contributed by atoms with Gasteiger partial charge in [-0.15, -0.1) is 11.3 Å². The highest BCUT2D eigenvalue weighted by Gasteiger charge is 2.20. The van der Waals surface area contributed by atoms with Crippen LogP contribution in [0, 0.1) is 0 Å². The molecule has 18 heavy (non-hydrogen) atoms. The number of thiophene rings is 1. The smallest absolute Gasteiger partial charge is 0.0781 e. The van der Waals surface area contributed by atoms with Crippen LogP contribution < -0.4 is 4.90 Å². The first kappa shape index (κ1) is 11.8. The first-order chi connectivity index (χ1) is 8.75. The molecule has 1 aliphatic rings. The Labute approximate surface area is 112 Å². The number of aliphatic hydroxyl groups is 1. The van der Waals surface area contributed by atoms with Crippen LogP contribution in [-0.4, -0.2) is 11.7 Å². The molecule has 1 aliphatic heterocycles. The van der Waals surface area contributed by atoms with Crippen LogP contribution in [0.5, 0.6) is 0 Å². The van der Waals surface area contributed by atoms with Crippen molar-refractivity contribution in [3.05, 3.63) is 51.7 Å². The van der Waals surface area contributed by atoms with Crippen molar-refractivity contribution in [1.29, 1.82) is 0 Å². The summed E-state index contributed by atoms with van der Waals surface area (Å²) in [5, 5.41) is 12.0. The minimum Gasteiger partial charge on any atom is -0.389 e. The summed E-state index contributed by atoms with van der Waals surface area (Å²) in [6.45, 7) is 3.83. The van der Waals surface area contributed by atoms with Crippen molar-refractivity contribution in [2.75, 3.05) is 11.4 Å². The number of fused-ring (bicyclic) bond motifs is 1. The topological polar surface area (TPSA) is 23.5 Å². The van der Waals surface area contributed by atoms with Gasteiger partial charge in [-0.05, 0) is 36.4 Å². The van der Waals surface area contributed by atoms with E-state index in [1.165, 1.54) is 16.1 Å². The minimum atomic E-state index is -0.412. The first-order valence-corrected chi connectivity index (χ1v) is 7.21. The molecule has 0 saturated heterocycles. The quantitative estimate of drug-likeness (QED) is 0.894. The molecule has 2 heterocycles. The molecule has 1 atom stereocenters. The fraction of sp³-hybridized carbons (Fsp3) is 0.333. The molecule has 1 aromatic carbocycles. The molecule has 1 aromatic heterocycles. The van der Waals surface area contributed by atoms with Crippen LogP contribution in [0.15, 0.2) is 35.7 Å². The van der Waals surface area contributed by atoms with Gasteiger partial charge in [-0.3, -0.25) is 0 Å². The van der Waals surface area contributed by atoms with Gasteiger partial charge in [0, 0.05) is 29.2 Å². The molecule has 2 aromatic rings. The van der Waals surface area contributed by atoms with E-state index in [-0.39, 0.29) is 0 Å². The Morgan fingerprint density at radius 3 is 2.94 bits per heavy atom. The van der Waals surface area contributed by atoms with Gasteiger partial charge in [-0.2, -0.15) is 0 Å². The molecule has 0 amide bonds. The summed E-state index contributed by atoms with van der Waals surface area (Å²) in [7, 11) is 0. The van der Waals surface area contributed by atoms with Gasteiger partial charge in [0.05, 0.1) is 6.10 Å². The maximum Gasteiger partial charge on any atom is 0.0781 e. The second kappa shape index (κ2) is 4.75. The largest absolute Gasteiger partial charge is 0.389 e. The Kier molecular flexibility index (Phi) is 3.10. The van der Waals surface area contributed by atoms with Gasteiger partial charge in [0.25, 0.3) is 0 Å². The van der Waals surface area contributed by atoms with Crippen LogP contribution in [0.2, 0.25) is 0 Å². The van der Waals surface area contributed by atoms with E-state index in [9.17, 15) is 5.11 Å². The van der Waals surface area contributed by atoms with E-state index >= 15 is 0 Å². The molecule has 3 rings (SSSR count). The summed E-state index contributed by atoms with van der Waals surface area (Å²) in [5.41, 5.74) is 3.63. The third-order valence-electron chi connectivity index (χ3n) is 3.54. The van der Waals surface area contributed by atoms with E-state index in [0.29, 0.717) is 0 Å². The standard InChI is InChI=1S/C15H17NOS/c1-11(17)13-4-2-3-5-14(13)16-8-6-15-12(10-16)7-9-18-15/h2-5,7,9,11,17H,6,8,10H2,1H3/t11-/m0/s1. The molecule has 0 bridgehead atoms. The van der Waals surface area contributed by atoms with Crippen molar-refractivity contribution in [1.82, 2.24) is 0 Å². The van der Waals surface area contributed by atoms with E-state index in [4.69, 9.17) is 0 Å². The predicted molar refractivity (Wildman–Crippen MR) is 76.1 cm³/mol. The molecule has 0 radical (unpaired) electrons. The maximum absolute atomic E-state index is 9.87. The Morgan fingerprint density at radius 2 is 2.11 bits per heavy atom.